The highest BCUT2D eigenvalue weighted by atomic mass is 15.3. The van der Waals surface area contributed by atoms with Crippen molar-refractivity contribution in [2.45, 2.75) is 26.7 Å². The average Bonchev–Trinajstić information content (AvgIpc) is 3.00. The Balaban J connectivity index is 2.15. The molecule has 0 radical (unpaired) electrons. The van der Waals surface area contributed by atoms with Crippen molar-refractivity contribution >= 4 is 23.2 Å². The zero-order chi connectivity index (χ0) is 17.8. The molecule has 0 saturated carbocycles. The number of anilines is 2. The number of aromatic nitrogens is 1. The highest BCUT2D eigenvalue weighted by molar-refractivity contribution is 6.34. The molecule has 1 aliphatic rings. The fourth-order valence-electron chi connectivity index (χ4n) is 2.89. The minimum Gasteiger partial charge on any atom is -0.383 e. The van der Waals surface area contributed by atoms with E-state index in [2.05, 4.69) is 54.2 Å². The Labute approximate surface area is 148 Å². The van der Waals surface area contributed by atoms with Gasteiger partial charge in [-0.3, -0.25) is 9.89 Å². The van der Waals surface area contributed by atoms with E-state index in [1.54, 1.807) is 13.2 Å². The van der Waals surface area contributed by atoms with E-state index in [0.29, 0.717) is 5.82 Å². The van der Waals surface area contributed by atoms with Crippen molar-refractivity contribution in [3.63, 3.8) is 0 Å². The van der Waals surface area contributed by atoms with E-state index >= 15 is 0 Å². The molecule has 0 spiro atoms. The summed E-state index contributed by atoms with van der Waals surface area (Å²) >= 11 is 0. The molecule has 0 aliphatic carbocycles. The predicted molar refractivity (Wildman–Crippen MR) is 105 cm³/mol. The lowest BCUT2D eigenvalue weighted by molar-refractivity contribution is 1.14. The lowest BCUT2D eigenvalue weighted by Crippen LogP contribution is -2.33. The fraction of sp³-hybridized carbons (Fsp3) is 0.250. The first-order valence-corrected chi connectivity index (χ1v) is 8.55. The molecule has 1 aliphatic heterocycles. The van der Waals surface area contributed by atoms with E-state index < -0.39 is 0 Å². The highest BCUT2D eigenvalue weighted by Crippen LogP contribution is 2.29. The number of nitrogen functional groups attached to an aromatic ring is 1. The maximum Gasteiger partial charge on any atom is 0.159 e. The van der Waals surface area contributed by atoms with Gasteiger partial charge < -0.3 is 5.73 Å². The SMILES string of the molecule is CC/C=C1/N=C(c2cccnc2N)N(c2ccc(CC)cc2)C1=NC. The summed E-state index contributed by atoms with van der Waals surface area (Å²) < 4.78 is 0. The van der Waals surface area contributed by atoms with Gasteiger partial charge in [0.25, 0.3) is 0 Å². The maximum atomic E-state index is 6.11. The van der Waals surface area contributed by atoms with Crippen LogP contribution in [-0.4, -0.2) is 23.7 Å². The van der Waals surface area contributed by atoms with Gasteiger partial charge in [0.1, 0.15) is 11.5 Å². The smallest absolute Gasteiger partial charge is 0.159 e. The number of allylic oxidation sites excluding steroid dienone is 1. The van der Waals surface area contributed by atoms with Crippen LogP contribution in [0.1, 0.15) is 31.4 Å². The van der Waals surface area contributed by atoms with Gasteiger partial charge in [0.05, 0.1) is 5.56 Å². The van der Waals surface area contributed by atoms with E-state index in [4.69, 9.17) is 10.7 Å². The van der Waals surface area contributed by atoms with Gasteiger partial charge in [0.15, 0.2) is 11.7 Å². The molecule has 2 heterocycles. The van der Waals surface area contributed by atoms with Gasteiger partial charge in [-0.05, 0) is 42.7 Å². The molecule has 0 amide bonds. The molecule has 3 rings (SSSR count). The quantitative estimate of drug-likeness (QED) is 0.925. The largest absolute Gasteiger partial charge is 0.383 e. The first kappa shape index (κ1) is 16.9. The Morgan fingerprint density at radius 2 is 1.92 bits per heavy atom. The summed E-state index contributed by atoms with van der Waals surface area (Å²) in [6.45, 7) is 4.24. The molecular formula is C20H23N5. The molecule has 0 bridgehead atoms. The lowest BCUT2D eigenvalue weighted by Gasteiger charge is -2.22. The molecule has 2 aromatic rings. The Hall–Kier alpha value is -2.95. The summed E-state index contributed by atoms with van der Waals surface area (Å²) in [7, 11) is 1.79. The predicted octanol–water partition coefficient (Wildman–Crippen LogP) is 3.82. The molecule has 5 nitrogen and oxygen atoms in total. The van der Waals surface area contributed by atoms with Crippen LogP contribution >= 0.6 is 0 Å². The molecule has 0 fully saturated rings. The van der Waals surface area contributed by atoms with Gasteiger partial charge in [-0.1, -0.05) is 32.1 Å². The number of nitrogens with zero attached hydrogens (tertiary/aromatic N) is 4. The van der Waals surface area contributed by atoms with Crippen LogP contribution in [-0.2, 0) is 6.42 Å². The average molecular weight is 333 g/mol. The van der Waals surface area contributed by atoms with Crippen LogP contribution in [0.5, 0.6) is 0 Å². The first-order chi connectivity index (χ1) is 12.2. The van der Waals surface area contributed by atoms with Crippen LogP contribution in [0.3, 0.4) is 0 Å². The second kappa shape index (κ2) is 7.30. The molecule has 128 valence electrons. The zero-order valence-electron chi connectivity index (χ0n) is 14.9. The minimum absolute atomic E-state index is 0.463. The van der Waals surface area contributed by atoms with Crippen molar-refractivity contribution in [3.8, 4) is 0 Å². The molecule has 5 heteroatoms. The van der Waals surface area contributed by atoms with Gasteiger partial charge in [-0.15, -0.1) is 0 Å². The van der Waals surface area contributed by atoms with E-state index in [1.807, 2.05) is 17.0 Å². The van der Waals surface area contributed by atoms with Crippen molar-refractivity contribution in [2.24, 2.45) is 9.98 Å². The maximum absolute atomic E-state index is 6.11. The van der Waals surface area contributed by atoms with Gasteiger partial charge in [-0.25, -0.2) is 9.98 Å². The third-order valence-corrected chi connectivity index (χ3v) is 4.17. The summed E-state index contributed by atoms with van der Waals surface area (Å²) in [6.07, 6.45) is 5.66. The van der Waals surface area contributed by atoms with Crippen molar-refractivity contribution < 1.29 is 0 Å². The number of aliphatic imine (C=N–C) groups is 2. The van der Waals surface area contributed by atoms with Crippen LogP contribution in [0.4, 0.5) is 11.5 Å². The van der Waals surface area contributed by atoms with E-state index in [-0.39, 0.29) is 0 Å². The fourth-order valence-corrected chi connectivity index (χ4v) is 2.89. The van der Waals surface area contributed by atoms with Crippen LogP contribution in [0.25, 0.3) is 0 Å². The summed E-state index contributed by atoms with van der Waals surface area (Å²) in [5, 5.41) is 0. The zero-order valence-corrected chi connectivity index (χ0v) is 14.9. The number of pyridine rings is 1. The second-order valence-corrected chi connectivity index (χ2v) is 5.77. The lowest BCUT2D eigenvalue weighted by atomic mass is 10.1. The van der Waals surface area contributed by atoms with Crippen molar-refractivity contribution in [1.82, 2.24) is 4.98 Å². The van der Waals surface area contributed by atoms with Crippen LogP contribution < -0.4 is 10.6 Å². The molecule has 25 heavy (non-hydrogen) atoms. The number of nitrogens with two attached hydrogens (primary N) is 1. The van der Waals surface area contributed by atoms with Gasteiger partial charge in [0.2, 0.25) is 0 Å². The number of amidine groups is 2. The van der Waals surface area contributed by atoms with E-state index in [9.17, 15) is 0 Å². The van der Waals surface area contributed by atoms with Crippen molar-refractivity contribution in [3.05, 3.63) is 65.5 Å². The summed E-state index contributed by atoms with van der Waals surface area (Å²) in [5.74, 6) is 2.05. The minimum atomic E-state index is 0.463. The Bertz CT molecular complexity index is 847. The molecule has 0 unspecified atom stereocenters. The van der Waals surface area contributed by atoms with E-state index in [0.717, 1.165) is 41.5 Å². The van der Waals surface area contributed by atoms with Crippen LogP contribution in [0.15, 0.2) is 64.4 Å². The monoisotopic (exact) mass is 333 g/mol. The Kier molecular flexibility index (Phi) is 4.93. The normalized spacial score (nSPS) is 17.4. The van der Waals surface area contributed by atoms with E-state index in [1.165, 1.54) is 5.56 Å². The topological polar surface area (TPSA) is 66.9 Å². The number of hydrogen-bond acceptors (Lipinski definition) is 4. The standard InChI is InChI=1S/C20H23N5/c1-4-7-17-20(22-3)25(15-11-9-14(5-2)10-12-15)19(24-17)16-8-6-13-23-18(16)21/h6-13H,4-5H2,1-3H3,(H2,21,23)/b17-7+,22-20?. The highest BCUT2D eigenvalue weighted by Gasteiger charge is 2.31. The molecule has 0 saturated heterocycles. The third-order valence-electron chi connectivity index (χ3n) is 4.17. The van der Waals surface area contributed by atoms with Gasteiger partial charge in [0, 0.05) is 18.9 Å². The van der Waals surface area contributed by atoms with Crippen LogP contribution in [0, 0.1) is 0 Å². The van der Waals surface area contributed by atoms with Gasteiger partial charge in [-0.2, -0.15) is 0 Å². The summed E-state index contributed by atoms with van der Waals surface area (Å²) in [4.78, 5) is 15.6. The first-order valence-electron chi connectivity index (χ1n) is 8.55. The van der Waals surface area contributed by atoms with Crippen molar-refractivity contribution in [1.29, 1.82) is 0 Å². The number of hydrogen-bond donors (Lipinski definition) is 1. The van der Waals surface area contributed by atoms with Crippen LogP contribution in [0.2, 0.25) is 0 Å². The summed E-state index contributed by atoms with van der Waals surface area (Å²) in [6, 6.07) is 12.3. The molecule has 2 N–H and O–H groups in total. The number of rotatable bonds is 4. The second-order valence-electron chi connectivity index (χ2n) is 5.77. The van der Waals surface area contributed by atoms with Crippen molar-refractivity contribution in [2.75, 3.05) is 17.7 Å². The molecule has 1 aromatic heterocycles. The third kappa shape index (κ3) is 3.18. The molecule has 1 aromatic carbocycles. The number of aryl methyl sites for hydroxylation is 1. The molecular weight excluding hydrogens is 310 g/mol. The Morgan fingerprint density at radius 1 is 1.16 bits per heavy atom. The Morgan fingerprint density at radius 3 is 2.52 bits per heavy atom. The van der Waals surface area contributed by atoms with Gasteiger partial charge >= 0.3 is 0 Å². The number of benzene rings is 1. The summed E-state index contributed by atoms with van der Waals surface area (Å²) in [5.41, 5.74) is 10.1. The molecule has 0 atom stereocenters.